The lowest BCUT2D eigenvalue weighted by molar-refractivity contribution is -0.116. The number of carbonyl (C=O) groups is 1. The van der Waals surface area contributed by atoms with Gasteiger partial charge in [0.2, 0.25) is 15.9 Å². The monoisotopic (exact) mass is 421 g/mol. The molecule has 0 unspecified atom stereocenters. The molecule has 29 heavy (non-hydrogen) atoms. The summed E-state index contributed by atoms with van der Waals surface area (Å²) >= 11 is 0. The maximum atomic E-state index is 12.7. The Morgan fingerprint density at radius 3 is 2.48 bits per heavy atom. The number of aromatic nitrogens is 2. The molecule has 0 aliphatic carbocycles. The molecule has 0 bridgehead atoms. The Morgan fingerprint density at radius 2 is 1.86 bits per heavy atom. The summed E-state index contributed by atoms with van der Waals surface area (Å²) in [4.78, 5) is 14.8. The van der Waals surface area contributed by atoms with Crippen LogP contribution in [0, 0.1) is 13.8 Å². The summed E-state index contributed by atoms with van der Waals surface area (Å²) in [6, 6.07) is 4.95. The van der Waals surface area contributed by atoms with Crippen LogP contribution in [0.25, 0.3) is 0 Å². The van der Waals surface area contributed by atoms with Crippen LogP contribution in [0.2, 0.25) is 0 Å². The van der Waals surface area contributed by atoms with E-state index in [1.54, 1.807) is 35.3 Å². The van der Waals surface area contributed by atoms with Crippen molar-refractivity contribution in [2.45, 2.75) is 39.1 Å². The van der Waals surface area contributed by atoms with Crippen molar-refractivity contribution >= 4 is 21.6 Å². The number of hydrogen-bond acceptors (Lipinski definition) is 5. The first-order chi connectivity index (χ1) is 13.7. The molecule has 0 atom stereocenters. The van der Waals surface area contributed by atoms with E-state index in [0.29, 0.717) is 5.69 Å². The van der Waals surface area contributed by atoms with Crippen molar-refractivity contribution in [3.05, 3.63) is 41.7 Å². The third kappa shape index (κ3) is 6.12. The Kier molecular flexibility index (Phi) is 7.95. The predicted octanol–water partition coefficient (Wildman–Crippen LogP) is 2.10. The van der Waals surface area contributed by atoms with Gasteiger partial charge in [-0.05, 0) is 50.2 Å². The van der Waals surface area contributed by atoms with E-state index < -0.39 is 15.9 Å². The van der Waals surface area contributed by atoms with Gasteiger partial charge in [-0.15, -0.1) is 0 Å². The molecule has 2 rings (SSSR count). The fourth-order valence-electron chi connectivity index (χ4n) is 2.88. The highest BCUT2D eigenvalue weighted by atomic mass is 32.2. The second-order valence-electron chi connectivity index (χ2n) is 7.07. The van der Waals surface area contributed by atoms with Crippen molar-refractivity contribution < 1.29 is 13.2 Å². The fraction of sp³-hybridized carbons (Fsp3) is 0.500. The van der Waals surface area contributed by atoms with E-state index in [9.17, 15) is 13.2 Å². The van der Waals surface area contributed by atoms with E-state index in [1.807, 2.05) is 13.8 Å². The Bertz CT molecular complexity index is 935. The molecule has 1 aromatic heterocycles. The lowest BCUT2D eigenvalue weighted by Crippen LogP contribution is -2.35. The summed E-state index contributed by atoms with van der Waals surface area (Å²) in [5.41, 5.74) is 2.45. The fourth-order valence-corrected chi connectivity index (χ4v) is 4.09. The number of anilines is 1. The molecule has 0 aliphatic heterocycles. The summed E-state index contributed by atoms with van der Waals surface area (Å²) in [5.74, 6) is -0.414. The highest BCUT2D eigenvalue weighted by molar-refractivity contribution is 7.89. The summed E-state index contributed by atoms with van der Waals surface area (Å²) in [6.45, 7) is 11.3. The molecule has 0 saturated carbocycles. The third-order valence-corrected chi connectivity index (χ3v) is 6.81. The van der Waals surface area contributed by atoms with Crippen LogP contribution in [0.15, 0.2) is 35.5 Å². The van der Waals surface area contributed by atoms with Crippen molar-refractivity contribution in [2.24, 2.45) is 0 Å². The first-order valence-electron chi connectivity index (χ1n) is 9.75. The number of hydrogen-bond donors (Lipinski definition) is 1. The van der Waals surface area contributed by atoms with Crippen LogP contribution in [-0.4, -0.2) is 66.5 Å². The molecule has 1 N–H and O–H groups in total. The summed E-state index contributed by atoms with van der Waals surface area (Å²) in [7, 11) is -2.34. The lowest BCUT2D eigenvalue weighted by atomic mass is 10.1. The minimum absolute atomic E-state index is 0.181. The van der Waals surface area contributed by atoms with Crippen molar-refractivity contribution in [3.63, 3.8) is 0 Å². The minimum atomic E-state index is -3.74. The average Bonchev–Trinajstić information content (AvgIpc) is 3.11. The van der Waals surface area contributed by atoms with Crippen LogP contribution >= 0.6 is 0 Å². The van der Waals surface area contributed by atoms with Gasteiger partial charge in [0.1, 0.15) is 0 Å². The van der Waals surface area contributed by atoms with E-state index in [0.717, 1.165) is 41.6 Å². The zero-order valence-electron chi connectivity index (χ0n) is 17.8. The van der Waals surface area contributed by atoms with Gasteiger partial charge in [-0.3, -0.25) is 9.48 Å². The normalized spacial score (nSPS) is 12.0. The Morgan fingerprint density at radius 1 is 1.17 bits per heavy atom. The molecule has 0 fully saturated rings. The molecule has 0 radical (unpaired) electrons. The largest absolute Gasteiger partial charge is 0.322 e. The molecular formula is C20H31N5O3S. The molecule has 8 nitrogen and oxygen atoms in total. The highest BCUT2D eigenvalue weighted by Crippen LogP contribution is 2.18. The molecule has 160 valence electrons. The minimum Gasteiger partial charge on any atom is -0.322 e. The van der Waals surface area contributed by atoms with E-state index in [-0.39, 0.29) is 11.4 Å². The van der Waals surface area contributed by atoms with Gasteiger partial charge in [0.25, 0.3) is 0 Å². The maximum Gasteiger partial charge on any atom is 0.243 e. The van der Waals surface area contributed by atoms with E-state index >= 15 is 0 Å². The molecule has 0 spiro atoms. The number of aryl methyl sites for hydroxylation is 2. The van der Waals surface area contributed by atoms with Crippen LogP contribution in [0.1, 0.15) is 25.0 Å². The van der Waals surface area contributed by atoms with Gasteiger partial charge in [0.15, 0.2) is 0 Å². The number of carbonyl (C=O) groups excluding carboxylic acids is 1. The predicted molar refractivity (Wildman–Crippen MR) is 114 cm³/mol. The number of benzene rings is 1. The van der Waals surface area contributed by atoms with Crippen molar-refractivity contribution in [2.75, 3.05) is 38.5 Å². The Hall–Kier alpha value is -2.23. The van der Waals surface area contributed by atoms with Crippen LogP contribution in [0.3, 0.4) is 0 Å². The lowest BCUT2D eigenvalue weighted by Gasteiger charge is -2.17. The topological polar surface area (TPSA) is 87.5 Å². The zero-order valence-corrected chi connectivity index (χ0v) is 18.7. The first kappa shape index (κ1) is 23.1. The van der Waals surface area contributed by atoms with Gasteiger partial charge in [-0.1, -0.05) is 19.9 Å². The second-order valence-corrected chi connectivity index (χ2v) is 9.12. The molecule has 1 aromatic carbocycles. The average molecular weight is 422 g/mol. The summed E-state index contributed by atoms with van der Waals surface area (Å²) < 4.78 is 28.3. The van der Waals surface area contributed by atoms with Crippen molar-refractivity contribution in [1.82, 2.24) is 19.0 Å². The van der Waals surface area contributed by atoms with Gasteiger partial charge in [0, 0.05) is 19.8 Å². The third-order valence-electron chi connectivity index (χ3n) is 5.01. The number of likely N-dealkylation sites (N-methyl/N-ethyl adjacent to an activating group) is 2. The van der Waals surface area contributed by atoms with Gasteiger partial charge >= 0.3 is 0 Å². The molecule has 1 heterocycles. The van der Waals surface area contributed by atoms with Crippen LogP contribution in [0.4, 0.5) is 5.69 Å². The van der Waals surface area contributed by atoms with Crippen molar-refractivity contribution in [3.8, 4) is 0 Å². The first-order valence-corrected chi connectivity index (χ1v) is 11.2. The van der Waals surface area contributed by atoms with E-state index in [1.165, 1.54) is 7.05 Å². The number of sulfonamides is 1. The molecule has 2 aromatic rings. The summed E-state index contributed by atoms with van der Waals surface area (Å²) in [6.07, 6.45) is 3.32. The van der Waals surface area contributed by atoms with E-state index in [2.05, 4.69) is 29.2 Å². The quantitative estimate of drug-likeness (QED) is 0.635. The van der Waals surface area contributed by atoms with Gasteiger partial charge in [-0.25, -0.2) is 8.42 Å². The Labute approximate surface area is 173 Å². The van der Waals surface area contributed by atoms with Crippen LogP contribution in [0.5, 0.6) is 0 Å². The molecule has 0 aliphatic rings. The SMILES string of the molecule is CCN(CC)CCn1cc(NC(=O)CN(C)S(=O)(=O)c2ccc(C)c(C)c2)cn1. The standard InChI is InChI=1S/C20H31N5O3S/c1-6-24(7-2)10-11-25-14-18(13-21-25)22-20(26)15-23(5)29(27,28)19-9-8-16(3)17(4)12-19/h8-9,12-14H,6-7,10-11,15H2,1-5H3,(H,22,26). The molecular weight excluding hydrogens is 390 g/mol. The van der Waals surface area contributed by atoms with Gasteiger partial charge < -0.3 is 10.2 Å². The molecule has 9 heteroatoms. The smallest absolute Gasteiger partial charge is 0.243 e. The molecule has 0 saturated heterocycles. The molecule has 1 amide bonds. The summed E-state index contributed by atoms with van der Waals surface area (Å²) in [5, 5.41) is 6.96. The number of rotatable bonds is 10. The number of nitrogens with zero attached hydrogens (tertiary/aromatic N) is 4. The highest BCUT2D eigenvalue weighted by Gasteiger charge is 2.23. The van der Waals surface area contributed by atoms with Crippen molar-refractivity contribution in [1.29, 1.82) is 0 Å². The van der Waals surface area contributed by atoms with E-state index in [4.69, 9.17) is 0 Å². The second kappa shape index (κ2) is 10.00. The number of amides is 1. The van der Waals surface area contributed by atoms with Gasteiger partial charge in [-0.2, -0.15) is 9.40 Å². The maximum absolute atomic E-state index is 12.7. The van der Waals surface area contributed by atoms with Gasteiger partial charge in [0.05, 0.1) is 29.9 Å². The Balaban J connectivity index is 1.95. The number of nitrogens with one attached hydrogen (secondary N) is 1. The van der Waals surface area contributed by atoms with Crippen LogP contribution < -0.4 is 5.32 Å². The zero-order chi connectivity index (χ0) is 21.6. The van der Waals surface area contributed by atoms with Crippen LogP contribution in [-0.2, 0) is 21.4 Å².